The summed E-state index contributed by atoms with van der Waals surface area (Å²) < 4.78 is 4.35. The summed E-state index contributed by atoms with van der Waals surface area (Å²) in [7, 11) is 1.14. The molecule has 0 heterocycles. The number of nitrogens with zero attached hydrogens (tertiary/aromatic N) is 1. The smallest absolute Gasteiger partial charge is 0.341 e. The van der Waals surface area contributed by atoms with Crippen LogP contribution in [0.5, 0.6) is 11.5 Å². The topological polar surface area (TPSA) is 90.6 Å². The maximum Gasteiger partial charge on any atom is 0.341 e. The molecule has 0 spiro atoms. The Balaban J connectivity index is 3.36. The highest BCUT2D eigenvalue weighted by molar-refractivity contribution is 5.93. The summed E-state index contributed by atoms with van der Waals surface area (Å²) in [4.78, 5) is 11.1. The standard InChI is InChI=1S/C9H7NO4/c1-14-9(13)6-2-5(4-10)3-7(11)8(6)12/h2-3,11-12H,1H3. The van der Waals surface area contributed by atoms with Crippen molar-refractivity contribution in [2.75, 3.05) is 7.11 Å². The van der Waals surface area contributed by atoms with Crippen molar-refractivity contribution in [3.63, 3.8) is 0 Å². The van der Waals surface area contributed by atoms with E-state index in [0.717, 1.165) is 19.2 Å². The molecule has 1 rings (SSSR count). The normalized spacial score (nSPS) is 9.14. The van der Waals surface area contributed by atoms with Gasteiger partial charge in [0, 0.05) is 6.07 Å². The molecule has 0 aliphatic rings. The maximum absolute atomic E-state index is 11.1. The number of ether oxygens (including phenoxy) is 1. The van der Waals surface area contributed by atoms with Crippen molar-refractivity contribution in [1.29, 1.82) is 5.26 Å². The van der Waals surface area contributed by atoms with Gasteiger partial charge in [-0.05, 0) is 6.07 Å². The molecule has 0 fully saturated rings. The van der Waals surface area contributed by atoms with Crippen LogP contribution in [0.25, 0.3) is 0 Å². The number of benzene rings is 1. The van der Waals surface area contributed by atoms with Crippen LogP contribution in [-0.4, -0.2) is 23.3 Å². The average molecular weight is 193 g/mol. The van der Waals surface area contributed by atoms with Crippen LogP contribution in [0.1, 0.15) is 15.9 Å². The minimum absolute atomic E-state index is 0.0701. The summed E-state index contributed by atoms with van der Waals surface area (Å²) in [6.07, 6.45) is 0. The molecule has 0 atom stereocenters. The average Bonchev–Trinajstić information content (AvgIpc) is 2.20. The predicted octanol–water partition coefficient (Wildman–Crippen LogP) is 0.756. The molecule has 0 radical (unpaired) electrons. The highest BCUT2D eigenvalue weighted by atomic mass is 16.5. The number of nitriles is 1. The fraction of sp³-hybridized carbons (Fsp3) is 0.111. The van der Waals surface area contributed by atoms with Gasteiger partial charge in [0.1, 0.15) is 5.56 Å². The second kappa shape index (κ2) is 3.66. The zero-order valence-corrected chi connectivity index (χ0v) is 7.31. The summed E-state index contributed by atoms with van der Waals surface area (Å²) in [5, 5.41) is 26.9. The van der Waals surface area contributed by atoms with Crippen molar-refractivity contribution < 1.29 is 19.7 Å². The molecule has 72 valence electrons. The largest absolute Gasteiger partial charge is 0.504 e. The van der Waals surface area contributed by atoms with Gasteiger partial charge in [-0.3, -0.25) is 0 Å². The Kier molecular flexibility index (Phi) is 2.58. The molecule has 1 aromatic rings. The molecule has 0 aliphatic heterocycles. The van der Waals surface area contributed by atoms with Crippen LogP contribution in [0.3, 0.4) is 0 Å². The van der Waals surface area contributed by atoms with Gasteiger partial charge in [0.25, 0.3) is 0 Å². The van der Waals surface area contributed by atoms with Crippen LogP contribution in [0.2, 0.25) is 0 Å². The second-order valence-electron chi connectivity index (χ2n) is 2.49. The molecule has 1 aromatic carbocycles. The van der Waals surface area contributed by atoms with E-state index in [9.17, 15) is 9.90 Å². The Labute approximate surface area is 79.8 Å². The van der Waals surface area contributed by atoms with Crippen LogP contribution in [-0.2, 0) is 4.74 Å². The number of hydrogen-bond acceptors (Lipinski definition) is 5. The number of hydrogen-bond donors (Lipinski definition) is 2. The number of esters is 1. The van der Waals surface area contributed by atoms with Crippen molar-refractivity contribution in [3.8, 4) is 17.6 Å². The first-order valence-corrected chi connectivity index (χ1v) is 3.64. The molecule has 0 saturated heterocycles. The van der Waals surface area contributed by atoms with Gasteiger partial charge in [0.2, 0.25) is 0 Å². The summed E-state index contributed by atoms with van der Waals surface area (Å²) in [5.74, 6) is -1.92. The number of aromatic hydroxyl groups is 2. The molecule has 0 aliphatic carbocycles. The summed E-state index contributed by atoms with van der Waals surface area (Å²) in [5.41, 5.74) is -0.162. The third-order valence-corrected chi connectivity index (χ3v) is 1.62. The van der Waals surface area contributed by atoms with Crippen molar-refractivity contribution in [2.24, 2.45) is 0 Å². The molecule has 0 saturated carbocycles. The third kappa shape index (κ3) is 1.59. The number of rotatable bonds is 1. The highest BCUT2D eigenvalue weighted by Crippen LogP contribution is 2.30. The minimum atomic E-state index is -0.810. The van der Waals surface area contributed by atoms with Gasteiger partial charge >= 0.3 is 5.97 Å². The van der Waals surface area contributed by atoms with Crippen LogP contribution in [0, 0.1) is 11.3 Å². The van der Waals surface area contributed by atoms with Gasteiger partial charge in [-0.25, -0.2) is 4.79 Å². The van der Waals surface area contributed by atoms with Gasteiger partial charge in [0.15, 0.2) is 11.5 Å². The monoisotopic (exact) mass is 193 g/mol. The number of phenolic OH excluding ortho intramolecular Hbond substituents is 2. The van der Waals surface area contributed by atoms with E-state index >= 15 is 0 Å². The molecule has 14 heavy (non-hydrogen) atoms. The van der Waals surface area contributed by atoms with E-state index in [1.165, 1.54) is 0 Å². The van der Waals surface area contributed by atoms with Gasteiger partial charge in [-0.2, -0.15) is 5.26 Å². The van der Waals surface area contributed by atoms with Crippen LogP contribution in [0.4, 0.5) is 0 Å². The Hall–Kier alpha value is -2.22. The summed E-state index contributed by atoms with van der Waals surface area (Å²) in [6.45, 7) is 0. The molecule has 0 aromatic heterocycles. The highest BCUT2D eigenvalue weighted by Gasteiger charge is 2.16. The number of methoxy groups -OCH3 is 1. The Morgan fingerprint density at radius 2 is 2.14 bits per heavy atom. The zero-order chi connectivity index (χ0) is 10.7. The molecule has 2 N–H and O–H groups in total. The van der Waals surface area contributed by atoms with Gasteiger partial charge < -0.3 is 14.9 Å². The van der Waals surface area contributed by atoms with Gasteiger partial charge in [-0.15, -0.1) is 0 Å². The molecule has 0 unspecified atom stereocenters. The van der Waals surface area contributed by atoms with Crippen molar-refractivity contribution in [1.82, 2.24) is 0 Å². The number of carbonyl (C=O) groups is 1. The Bertz CT molecular complexity index is 420. The predicted molar refractivity (Wildman–Crippen MR) is 45.8 cm³/mol. The van der Waals surface area contributed by atoms with E-state index in [1.807, 2.05) is 0 Å². The number of phenols is 2. The fourth-order valence-electron chi connectivity index (χ4n) is 0.949. The quantitative estimate of drug-likeness (QED) is 0.507. The van der Waals surface area contributed by atoms with E-state index < -0.39 is 17.5 Å². The summed E-state index contributed by atoms with van der Waals surface area (Å²) >= 11 is 0. The van der Waals surface area contributed by atoms with Crippen molar-refractivity contribution in [3.05, 3.63) is 23.3 Å². The second-order valence-corrected chi connectivity index (χ2v) is 2.49. The minimum Gasteiger partial charge on any atom is -0.504 e. The first-order chi connectivity index (χ1) is 6.60. The van der Waals surface area contributed by atoms with Crippen LogP contribution >= 0.6 is 0 Å². The summed E-state index contributed by atoms with van der Waals surface area (Å²) in [6, 6.07) is 3.93. The fourth-order valence-corrected chi connectivity index (χ4v) is 0.949. The zero-order valence-electron chi connectivity index (χ0n) is 7.31. The maximum atomic E-state index is 11.1. The van der Waals surface area contributed by atoms with Crippen molar-refractivity contribution >= 4 is 5.97 Å². The molecular formula is C9H7NO4. The third-order valence-electron chi connectivity index (χ3n) is 1.62. The van der Waals surface area contributed by atoms with Gasteiger partial charge in [-0.1, -0.05) is 0 Å². The Morgan fingerprint density at radius 1 is 1.50 bits per heavy atom. The molecule has 5 heteroatoms. The number of carbonyl (C=O) groups excluding carboxylic acids is 1. The molecule has 0 bridgehead atoms. The lowest BCUT2D eigenvalue weighted by atomic mass is 10.1. The lowest BCUT2D eigenvalue weighted by Gasteiger charge is -2.04. The first kappa shape index (κ1) is 9.86. The first-order valence-electron chi connectivity index (χ1n) is 3.64. The van der Waals surface area contributed by atoms with E-state index in [0.29, 0.717) is 0 Å². The van der Waals surface area contributed by atoms with E-state index in [-0.39, 0.29) is 11.1 Å². The van der Waals surface area contributed by atoms with Gasteiger partial charge in [0.05, 0.1) is 18.7 Å². The van der Waals surface area contributed by atoms with E-state index in [4.69, 9.17) is 10.4 Å². The van der Waals surface area contributed by atoms with Crippen LogP contribution in [0.15, 0.2) is 12.1 Å². The SMILES string of the molecule is COC(=O)c1cc(C#N)cc(O)c1O. The lowest BCUT2D eigenvalue weighted by molar-refractivity contribution is 0.0596. The molecule has 5 nitrogen and oxygen atoms in total. The lowest BCUT2D eigenvalue weighted by Crippen LogP contribution is -2.02. The van der Waals surface area contributed by atoms with Crippen molar-refractivity contribution in [2.45, 2.75) is 0 Å². The Morgan fingerprint density at radius 3 is 2.64 bits per heavy atom. The molecular weight excluding hydrogens is 186 g/mol. The van der Waals surface area contributed by atoms with E-state index in [1.54, 1.807) is 6.07 Å². The van der Waals surface area contributed by atoms with Crippen LogP contribution < -0.4 is 0 Å². The van der Waals surface area contributed by atoms with E-state index in [2.05, 4.69) is 4.74 Å². The molecule has 0 amide bonds.